The van der Waals surface area contributed by atoms with Crippen LogP contribution in [0.25, 0.3) is 22.0 Å². The molecular formula is C15H9ClN2O3. The van der Waals surface area contributed by atoms with Crippen molar-refractivity contribution in [2.24, 2.45) is 0 Å². The van der Waals surface area contributed by atoms with E-state index in [0.29, 0.717) is 21.5 Å². The Bertz CT molecular complexity index is 901. The molecule has 0 aliphatic rings. The average Bonchev–Trinajstić information content (AvgIpc) is 2.47. The van der Waals surface area contributed by atoms with Crippen LogP contribution in [-0.4, -0.2) is 9.91 Å². The molecule has 104 valence electrons. The topological polar surface area (TPSA) is 76.0 Å². The summed E-state index contributed by atoms with van der Waals surface area (Å²) in [4.78, 5) is 25.4. The molecule has 0 bridgehead atoms. The van der Waals surface area contributed by atoms with E-state index in [1.165, 1.54) is 12.1 Å². The van der Waals surface area contributed by atoms with Crippen molar-refractivity contribution in [2.75, 3.05) is 0 Å². The normalized spacial score (nSPS) is 10.7. The highest BCUT2D eigenvalue weighted by Crippen LogP contribution is 2.27. The van der Waals surface area contributed by atoms with Crippen molar-refractivity contribution < 1.29 is 4.92 Å². The number of benzene rings is 2. The zero-order chi connectivity index (χ0) is 15.0. The van der Waals surface area contributed by atoms with E-state index < -0.39 is 4.92 Å². The van der Waals surface area contributed by atoms with E-state index >= 15 is 0 Å². The molecular weight excluding hydrogens is 292 g/mol. The lowest BCUT2D eigenvalue weighted by Gasteiger charge is -2.05. The third-order valence-electron chi connectivity index (χ3n) is 3.22. The van der Waals surface area contributed by atoms with E-state index in [-0.39, 0.29) is 11.2 Å². The molecule has 0 unspecified atom stereocenters. The van der Waals surface area contributed by atoms with Crippen molar-refractivity contribution >= 4 is 28.1 Å². The van der Waals surface area contributed by atoms with Gasteiger partial charge in [0.15, 0.2) is 0 Å². The first-order valence-electron chi connectivity index (χ1n) is 6.12. The first-order valence-corrected chi connectivity index (χ1v) is 6.50. The quantitative estimate of drug-likeness (QED) is 0.578. The van der Waals surface area contributed by atoms with E-state index in [2.05, 4.69) is 4.98 Å². The molecule has 0 atom stereocenters. The summed E-state index contributed by atoms with van der Waals surface area (Å²) in [6, 6.07) is 12.9. The van der Waals surface area contributed by atoms with Gasteiger partial charge in [-0.2, -0.15) is 0 Å². The van der Waals surface area contributed by atoms with Gasteiger partial charge in [0.05, 0.1) is 15.7 Å². The summed E-state index contributed by atoms with van der Waals surface area (Å²) < 4.78 is 0. The van der Waals surface area contributed by atoms with Gasteiger partial charge in [0, 0.05) is 16.8 Å². The molecule has 0 amide bonds. The summed E-state index contributed by atoms with van der Waals surface area (Å²) in [5, 5.41) is 12.3. The number of pyridine rings is 1. The van der Waals surface area contributed by atoms with Crippen LogP contribution in [0.4, 0.5) is 5.69 Å². The second kappa shape index (κ2) is 5.03. The van der Waals surface area contributed by atoms with Gasteiger partial charge in [-0.1, -0.05) is 29.8 Å². The predicted octanol–water partition coefficient (Wildman–Crippen LogP) is 3.76. The van der Waals surface area contributed by atoms with Crippen molar-refractivity contribution in [3.05, 3.63) is 74.0 Å². The number of nitrogens with one attached hydrogen (secondary N) is 1. The van der Waals surface area contributed by atoms with Crippen LogP contribution in [0.15, 0.2) is 53.3 Å². The number of nitro benzene ring substituents is 1. The first kappa shape index (κ1) is 13.3. The Hall–Kier alpha value is -2.66. The van der Waals surface area contributed by atoms with E-state index in [9.17, 15) is 14.9 Å². The van der Waals surface area contributed by atoms with E-state index in [1.807, 2.05) is 0 Å². The van der Waals surface area contributed by atoms with Crippen LogP contribution < -0.4 is 5.56 Å². The van der Waals surface area contributed by atoms with E-state index in [1.54, 1.807) is 36.4 Å². The second-order valence-electron chi connectivity index (χ2n) is 4.51. The van der Waals surface area contributed by atoms with Crippen LogP contribution in [-0.2, 0) is 0 Å². The third kappa shape index (κ3) is 2.39. The fourth-order valence-electron chi connectivity index (χ4n) is 2.22. The molecule has 21 heavy (non-hydrogen) atoms. The molecule has 0 spiro atoms. The fourth-order valence-corrected chi connectivity index (χ4v) is 2.34. The molecule has 0 radical (unpaired) electrons. The number of aromatic nitrogens is 1. The first-order chi connectivity index (χ1) is 10.1. The zero-order valence-corrected chi connectivity index (χ0v) is 11.4. The number of nitro groups is 1. The van der Waals surface area contributed by atoms with E-state index in [0.717, 1.165) is 5.56 Å². The summed E-state index contributed by atoms with van der Waals surface area (Å²) in [5.41, 5.74) is 0.796. The maximum absolute atomic E-state index is 12.1. The molecule has 0 aliphatic carbocycles. The average molecular weight is 301 g/mol. The molecule has 5 nitrogen and oxygen atoms in total. The molecule has 0 saturated carbocycles. The molecule has 2 aromatic carbocycles. The van der Waals surface area contributed by atoms with Gasteiger partial charge in [-0.05, 0) is 29.8 Å². The lowest BCUT2D eigenvalue weighted by molar-refractivity contribution is -0.383. The fraction of sp³-hybridized carbons (Fsp3) is 0. The summed E-state index contributed by atoms with van der Waals surface area (Å²) in [7, 11) is 0. The number of nitrogens with zero attached hydrogens (tertiary/aromatic N) is 1. The van der Waals surface area contributed by atoms with Gasteiger partial charge in [0.25, 0.3) is 11.2 Å². The van der Waals surface area contributed by atoms with Crippen LogP contribution in [0.5, 0.6) is 0 Å². The molecule has 3 aromatic rings. The van der Waals surface area contributed by atoms with Crippen LogP contribution in [0, 0.1) is 10.1 Å². The van der Waals surface area contributed by atoms with Gasteiger partial charge in [-0.3, -0.25) is 14.9 Å². The standard InChI is InChI=1S/C15H9ClN2O3/c16-10-6-4-9(5-7-10)13-8-12-11(15(19)17-13)2-1-3-14(12)18(20)21/h1-8H,(H,17,19). The number of aromatic amines is 1. The molecule has 1 N–H and O–H groups in total. The number of fused-ring (bicyclic) bond motifs is 1. The van der Waals surface area contributed by atoms with Crippen LogP contribution >= 0.6 is 11.6 Å². The van der Waals surface area contributed by atoms with Crippen molar-refractivity contribution in [2.45, 2.75) is 0 Å². The predicted molar refractivity (Wildman–Crippen MR) is 81.7 cm³/mol. The molecule has 0 aliphatic heterocycles. The Kier molecular flexibility index (Phi) is 3.19. The van der Waals surface area contributed by atoms with Gasteiger partial charge in [-0.15, -0.1) is 0 Å². The number of non-ortho nitro benzene ring substituents is 1. The van der Waals surface area contributed by atoms with Crippen molar-refractivity contribution in [3.63, 3.8) is 0 Å². The molecule has 0 saturated heterocycles. The van der Waals surface area contributed by atoms with Gasteiger partial charge < -0.3 is 4.98 Å². The minimum absolute atomic E-state index is 0.0891. The van der Waals surface area contributed by atoms with Gasteiger partial charge in [-0.25, -0.2) is 0 Å². The third-order valence-corrected chi connectivity index (χ3v) is 3.47. The SMILES string of the molecule is O=c1[nH]c(-c2ccc(Cl)cc2)cc2c([N+](=O)[O-])cccc12. The van der Waals surface area contributed by atoms with Gasteiger partial charge in [0.1, 0.15) is 0 Å². The number of H-pyrrole nitrogens is 1. The highest BCUT2D eigenvalue weighted by molar-refractivity contribution is 6.30. The highest BCUT2D eigenvalue weighted by atomic mass is 35.5. The lowest BCUT2D eigenvalue weighted by atomic mass is 10.1. The minimum atomic E-state index is -0.493. The summed E-state index contributed by atoms with van der Waals surface area (Å²) in [6.45, 7) is 0. The van der Waals surface area contributed by atoms with Crippen LogP contribution in [0.1, 0.15) is 0 Å². The lowest BCUT2D eigenvalue weighted by Crippen LogP contribution is -2.08. The van der Waals surface area contributed by atoms with Gasteiger partial charge in [0.2, 0.25) is 0 Å². The molecule has 1 aromatic heterocycles. The van der Waals surface area contributed by atoms with Crippen LogP contribution in [0.3, 0.4) is 0 Å². The Balaban J connectivity index is 2.31. The molecule has 1 heterocycles. The van der Waals surface area contributed by atoms with Crippen molar-refractivity contribution in [1.29, 1.82) is 0 Å². The zero-order valence-electron chi connectivity index (χ0n) is 10.7. The summed E-state index contributed by atoms with van der Waals surface area (Å²) in [6.07, 6.45) is 0. The Morgan fingerprint density at radius 1 is 1.05 bits per heavy atom. The maximum Gasteiger partial charge on any atom is 0.277 e. The van der Waals surface area contributed by atoms with Crippen LogP contribution in [0.2, 0.25) is 5.02 Å². The maximum atomic E-state index is 12.1. The highest BCUT2D eigenvalue weighted by Gasteiger charge is 2.14. The number of hydrogen-bond donors (Lipinski definition) is 1. The summed E-state index contributed by atoms with van der Waals surface area (Å²) in [5.74, 6) is 0. The van der Waals surface area contributed by atoms with Gasteiger partial charge >= 0.3 is 0 Å². The Morgan fingerprint density at radius 3 is 2.43 bits per heavy atom. The minimum Gasteiger partial charge on any atom is -0.321 e. The van der Waals surface area contributed by atoms with Crippen molar-refractivity contribution in [1.82, 2.24) is 4.98 Å². The Labute approximate surface area is 124 Å². The number of hydrogen-bond acceptors (Lipinski definition) is 3. The Morgan fingerprint density at radius 2 is 1.76 bits per heavy atom. The van der Waals surface area contributed by atoms with E-state index in [4.69, 9.17) is 11.6 Å². The number of halogens is 1. The largest absolute Gasteiger partial charge is 0.321 e. The molecule has 0 fully saturated rings. The second-order valence-corrected chi connectivity index (χ2v) is 4.95. The smallest absolute Gasteiger partial charge is 0.277 e. The van der Waals surface area contributed by atoms with Crippen molar-refractivity contribution in [3.8, 4) is 11.3 Å². The summed E-state index contributed by atoms with van der Waals surface area (Å²) >= 11 is 5.83. The number of rotatable bonds is 2. The molecule has 3 rings (SSSR count). The monoisotopic (exact) mass is 300 g/mol. The molecule has 6 heteroatoms.